The van der Waals surface area contributed by atoms with Crippen LogP contribution in [0.5, 0.6) is 11.5 Å². The van der Waals surface area contributed by atoms with E-state index in [-0.39, 0.29) is 34.8 Å². The van der Waals surface area contributed by atoms with E-state index in [1.54, 1.807) is 43.3 Å². The van der Waals surface area contributed by atoms with E-state index in [2.05, 4.69) is 35.8 Å². The molecule has 0 bridgehead atoms. The van der Waals surface area contributed by atoms with Crippen LogP contribution in [0.1, 0.15) is 23.0 Å². The quantitative estimate of drug-likeness (QED) is 0.310. The van der Waals surface area contributed by atoms with Crippen molar-refractivity contribution in [2.75, 3.05) is 12.5 Å². The molecule has 172 valence electrons. The molecule has 1 aliphatic rings. The number of carbonyl (C=O) groups excluding carboxylic acids is 1. The average Bonchev–Trinajstić information content (AvgIpc) is 3.57. The Morgan fingerprint density at radius 2 is 1.94 bits per heavy atom. The summed E-state index contributed by atoms with van der Waals surface area (Å²) in [7, 11) is 0. The molecule has 3 N–H and O–H groups in total. The number of nitrogen functional groups attached to an aromatic ring is 1. The van der Waals surface area contributed by atoms with Crippen molar-refractivity contribution >= 4 is 40.6 Å². The highest BCUT2D eigenvalue weighted by Crippen LogP contribution is 2.33. The first-order valence-electron chi connectivity index (χ1n) is 9.66. The van der Waals surface area contributed by atoms with Gasteiger partial charge < -0.3 is 15.2 Å². The summed E-state index contributed by atoms with van der Waals surface area (Å²) in [4.78, 5) is 13.1. The van der Waals surface area contributed by atoms with Crippen molar-refractivity contribution < 1.29 is 18.9 Å². The number of carbonyl (C=O) groups is 1. The fourth-order valence-electron chi connectivity index (χ4n) is 3.20. The topological polar surface area (TPSA) is 156 Å². The molecule has 1 aliphatic heterocycles. The maximum atomic E-state index is 13.1. The second kappa shape index (κ2) is 8.65. The largest absolute Gasteiger partial charge is 0.454 e. The lowest BCUT2D eigenvalue weighted by atomic mass is 10.1. The molecule has 0 saturated heterocycles. The lowest BCUT2D eigenvalue weighted by Gasteiger charge is -2.07. The Balaban J connectivity index is 1.50. The number of aromatic nitrogens is 5. The Morgan fingerprint density at radius 1 is 1.12 bits per heavy atom. The van der Waals surface area contributed by atoms with Gasteiger partial charge in [0.25, 0.3) is 5.91 Å². The summed E-state index contributed by atoms with van der Waals surface area (Å²) in [6.07, 6.45) is 0. The van der Waals surface area contributed by atoms with Gasteiger partial charge in [-0.3, -0.25) is 4.79 Å². The van der Waals surface area contributed by atoms with E-state index < -0.39 is 5.91 Å². The van der Waals surface area contributed by atoms with Crippen LogP contribution < -0.4 is 20.6 Å². The minimum atomic E-state index is -0.637. The summed E-state index contributed by atoms with van der Waals surface area (Å²) in [5, 5.41) is 20.1. The van der Waals surface area contributed by atoms with Gasteiger partial charge in [-0.2, -0.15) is 9.78 Å². The van der Waals surface area contributed by atoms with Gasteiger partial charge in [0.15, 0.2) is 17.2 Å². The van der Waals surface area contributed by atoms with Crippen molar-refractivity contribution in [2.24, 2.45) is 5.10 Å². The number of nitrogens with two attached hydrogens (primary N) is 1. The molecule has 3 heterocycles. The molecule has 2 aromatic heterocycles. The minimum Gasteiger partial charge on any atom is -0.454 e. The van der Waals surface area contributed by atoms with Gasteiger partial charge in [-0.25, -0.2) is 10.1 Å². The molecule has 0 radical (unpaired) electrons. The zero-order valence-electron chi connectivity index (χ0n) is 17.3. The maximum Gasteiger partial charge on any atom is 0.294 e. The van der Waals surface area contributed by atoms with E-state index in [4.69, 9.17) is 38.4 Å². The monoisotopic (exact) mass is 500 g/mol. The van der Waals surface area contributed by atoms with E-state index >= 15 is 0 Å². The Bertz CT molecular complexity index is 1450. The molecule has 1 amide bonds. The zero-order chi connectivity index (χ0) is 23.8. The van der Waals surface area contributed by atoms with Crippen molar-refractivity contribution in [3.8, 4) is 28.6 Å². The van der Waals surface area contributed by atoms with Gasteiger partial charge in [-0.1, -0.05) is 34.5 Å². The lowest BCUT2D eigenvalue weighted by Crippen LogP contribution is -2.21. The third-order valence-electron chi connectivity index (χ3n) is 4.89. The second-order valence-electron chi connectivity index (χ2n) is 7.01. The number of nitrogens with zero attached hydrogens (tertiary/aromatic N) is 6. The fourth-order valence-corrected chi connectivity index (χ4v) is 3.50. The molecule has 12 nitrogen and oxygen atoms in total. The normalized spacial score (nSPS) is 12.7. The number of fused-ring (bicyclic) bond motifs is 1. The third-order valence-corrected chi connectivity index (χ3v) is 5.63. The number of amides is 1. The number of benzene rings is 2. The van der Waals surface area contributed by atoms with Crippen LogP contribution in [0.4, 0.5) is 5.82 Å². The van der Waals surface area contributed by atoms with Gasteiger partial charge in [0.2, 0.25) is 18.4 Å². The molecular formula is C20H14Cl2N8O4. The number of nitrogens with one attached hydrogen (secondary N) is 1. The molecule has 0 saturated carbocycles. The van der Waals surface area contributed by atoms with Crippen molar-refractivity contribution in [1.29, 1.82) is 0 Å². The van der Waals surface area contributed by atoms with Crippen LogP contribution in [-0.4, -0.2) is 43.7 Å². The van der Waals surface area contributed by atoms with Crippen LogP contribution in [-0.2, 0) is 0 Å². The van der Waals surface area contributed by atoms with Crippen molar-refractivity contribution in [1.82, 2.24) is 30.7 Å². The Hall–Kier alpha value is -4.16. The van der Waals surface area contributed by atoms with Crippen LogP contribution in [0.15, 0.2) is 46.1 Å². The zero-order valence-corrected chi connectivity index (χ0v) is 18.8. The molecule has 14 heteroatoms. The first kappa shape index (κ1) is 21.7. The van der Waals surface area contributed by atoms with Gasteiger partial charge in [0.05, 0.1) is 15.8 Å². The van der Waals surface area contributed by atoms with Gasteiger partial charge in [-0.05, 0) is 47.6 Å². The fraction of sp³-hybridized carbons (Fsp3) is 0.100. The van der Waals surface area contributed by atoms with E-state index in [0.29, 0.717) is 27.8 Å². The first-order chi connectivity index (χ1) is 16.4. The van der Waals surface area contributed by atoms with Gasteiger partial charge in [-0.15, -0.1) is 5.10 Å². The van der Waals surface area contributed by atoms with E-state index in [9.17, 15) is 4.79 Å². The number of hydrogen-bond acceptors (Lipinski definition) is 10. The molecule has 0 unspecified atom stereocenters. The Kier molecular flexibility index (Phi) is 5.51. The highest BCUT2D eigenvalue weighted by molar-refractivity contribution is 6.42. The molecule has 0 fully saturated rings. The smallest absolute Gasteiger partial charge is 0.294 e. The molecule has 2 aromatic carbocycles. The molecule has 0 atom stereocenters. The molecule has 0 spiro atoms. The first-order valence-corrected chi connectivity index (χ1v) is 10.4. The van der Waals surface area contributed by atoms with Crippen LogP contribution in [0.2, 0.25) is 10.0 Å². The van der Waals surface area contributed by atoms with Crippen molar-refractivity contribution in [3.05, 3.63) is 57.7 Å². The summed E-state index contributed by atoms with van der Waals surface area (Å²) in [6.45, 7) is 1.89. The molecular weight excluding hydrogens is 487 g/mol. The predicted molar refractivity (Wildman–Crippen MR) is 121 cm³/mol. The Morgan fingerprint density at radius 3 is 2.71 bits per heavy atom. The number of anilines is 1. The van der Waals surface area contributed by atoms with Crippen molar-refractivity contribution in [3.63, 3.8) is 0 Å². The number of halogens is 2. The standard InChI is InChI=1S/C20H14Cl2N8O4/c1-9(10-3-5-14-15(7-10)33-8-32-14)24-26-20(31)16-17(11-2-4-12(21)13(22)6-11)30(29-25-16)19-18(23)27-34-28-19/h2-7H,8H2,1H3,(H2,23,27)(H,26,31). The summed E-state index contributed by atoms with van der Waals surface area (Å²) < 4.78 is 16.6. The highest BCUT2D eigenvalue weighted by atomic mass is 35.5. The SMILES string of the molecule is CC(=NNC(=O)c1nnn(-c2nonc2N)c1-c1ccc(Cl)c(Cl)c1)c1ccc2c(c1)OCO2. The van der Waals surface area contributed by atoms with Gasteiger partial charge >= 0.3 is 0 Å². The summed E-state index contributed by atoms with van der Waals surface area (Å²) in [6, 6.07) is 10.1. The van der Waals surface area contributed by atoms with Crippen LogP contribution >= 0.6 is 23.2 Å². The highest BCUT2D eigenvalue weighted by Gasteiger charge is 2.26. The Labute approximate surface area is 201 Å². The van der Waals surface area contributed by atoms with Crippen molar-refractivity contribution in [2.45, 2.75) is 6.92 Å². The number of hydrazone groups is 1. The van der Waals surface area contributed by atoms with Gasteiger partial charge in [0, 0.05) is 11.1 Å². The lowest BCUT2D eigenvalue weighted by molar-refractivity contribution is 0.0950. The van der Waals surface area contributed by atoms with E-state index in [1.165, 1.54) is 4.68 Å². The predicted octanol–water partition coefficient (Wildman–Crippen LogP) is 3.09. The van der Waals surface area contributed by atoms with Crippen LogP contribution in [0, 0.1) is 0 Å². The van der Waals surface area contributed by atoms with E-state index in [1.807, 2.05) is 0 Å². The molecule has 4 aromatic rings. The van der Waals surface area contributed by atoms with E-state index in [0.717, 1.165) is 5.56 Å². The maximum absolute atomic E-state index is 13.1. The van der Waals surface area contributed by atoms with Crippen LogP contribution in [0.3, 0.4) is 0 Å². The third kappa shape index (κ3) is 3.89. The second-order valence-corrected chi connectivity index (χ2v) is 7.82. The molecule has 5 rings (SSSR count). The summed E-state index contributed by atoms with van der Waals surface area (Å²) >= 11 is 12.2. The number of hydrogen-bond donors (Lipinski definition) is 2. The average molecular weight is 501 g/mol. The summed E-state index contributed by atoms with van der Waals surface area (Å²) in [5.74, 6) is 0.608. The number of rotatable bonds is 5. The molecule has 0 aliphatic carbocycles. The molecule has 34 heavy (non-hydrogen) atoms. The van der Waals surface area contributed by atoms with Gasteiger partial charge in [0.1, 0.15) is 5.69 Å². The number of ether oxygens (including phenoxy) is 2. The summed E-state index contributed by atoms with van der Waals surface area (Å²) in [5.41, 5.74) is 10.2. The van der Waals surface area contributed by atoms with Crippen LogP contribution in [0.25, 0.3) is 17.1 Å². The minimum absolute atomic E-state index is 0.0464.